The van der Waals surface area contributed by atoms with Gasteiger partial charge in [-0.25, -0.2) is 4.98 Å². The predicted octanol–water partition coefficient (Wildman–Crippen LogP) is 3.74. The van der Waals surface area contributed by atoms with Crippen molar-refractivity contribution in [1.29, 1.82) is 0 Å². The van der Waals surface area contributed by atoms with E-state index in [1.165, 1.54) is 0 Å². The SMILES string of the molecule is CCNc1nccnc1-c1c(OC)ccc2ccccc12. The van der Waals surface area contributed by atoms with E-state index in [1.54, 1.807) is 19.5 Å². The van der Waals surface area contributed by atoms with Crippen molar-refractivity contribution in [2.75, 3.05) is 19.0 Å². The zero-order valence-corrected chi connectivity index (χ0v) is 12.1. The summed E-state index contributed by atoms with van der Waals surface area (Å²) in [5.74, 6) is 1.57. The summed E-state index contributed by atoms with van der Waals surface area (Å²) in [5, 5.41) is 5.52. The predicted molar refractivity (Wildman–Crippen MR) is 85.7 cm³/mol. The maximum atomic E-state index is 5.55. The zero-order chi connectivity index (χ0) is 14.7. The van der Waals surface area contributed by atoms with Crippen LogP contribution in [0.15, 0.2) is 48.8 Å². The first-order valence-corrected chi connectivity index (χ1v) is 6.96. The molecule has 106 valence electrons. The van der Waals surface area contributed by atoms with Gasteiger partial charge in [-0.05, 0) is 23.8 Å². The van der Waals surface area contributed by atoms with Crippen LogP contribution in [0.2, 0.25) is 0 Å². The lowest BCUT2D eigenvalue weighted by atomic mass is 10.0. The van der Waals surface area contributed by atoms with Gasteiger partial charge in [0.25, 0.3) is 0 Å². The Labute approximate surface area is 123 Å². The smallest absolute Gasteiger partial charge is 0.152 e. The van der Waals surface area contributed by atoms with Gasteiger partial charge in [0.15, 0.2) is 5.82 Å². The third-order valence-corrected chi connectivity index (χ3v) is 3.39. The molecule has 0 spiro atoms. The number of nitrogens with zero attached hydrogens (tertiary/aromatic N) is 2. The summed E-state index contributed by atoms with van der Waals surface area (Å²) < 4.78 is 5.55. The van der Waals surface area contributed by atoms with E-state index >= 15 is 0 Å². The lowest BCUT2D eigenvalue weighted by molar-refractivity contribution is 0.417. The molecule has 4 nitrogen and oxygen atoms in total. The second kappa shape index (κ2) is 5.79. The van der Waals surface area contributed by atoms with E-state index in [0.29, 0.717) is 0 Å². The number of nitrogens with one attached hydrogen (secondary N) is 1. The molecular weight excluding hydrogens is 262 g/mol. The second-order valence-electron chi connectivity index (χ2n) is 4.65. The summed E-state index contributed by atoms with van der Waals surface area (Å²) in [4.78, 5) is 8.92. The average Bonchev–Trinajstić information content (AvgIpc) is 2.55. The Kier molecular flexibility index (Phi) is 3.69. The van der Waals surface area contributed by atoms with E-state index in [2.05, 4.69) is 33.5 Å². The number of fused-ring (bicyclic) bond motifs is 1. The fraction of sp³-hybridized carbons (Fsp3) is 0.176. The van der Waals surface area contributed by atoms with E-state index in [4.69, 9.17) is 4.74 Å². The highest BCUT2D eigenvalue weighted by molar-refractivity contribution is 6.00. The summed E-state index contributed by atoms with van der Waals surface area (Å²) in [7, 11) is 1.68. The molecule has 3 rings (SSSR count). The van der Waals surface area contributed by atoms with Crippen molar-refractivity contribution in [3.8, 4) is 17.0 Å². The molecule has 0 radical (unpaired) electrons. The van der Waals surface area contributed by atoms with Crippen LogP contribution in [0, 0.1) is 0 Å². The molecule has 0 aliphatic carbocycles. The van der Waals surface area contributed by atoms with Crippen LogP contribution in [0.5, 0.6) is 5.75 Å². The number of aromatic nitrogens is 2. The average molecular weight is 279 g/mol. The molecule has 1 N–H and O–H groups in total. The summed E-state index contributed by atoms with van der Waals surface area (Å²) in [5.41, 5.74) is 1.78. The third kappa shape index (κ3) is 2.40. The summed E-state index contributed by atoms with van der Waals surface area (Å²) in [6.07, 6.45) is 3.40. The lowest BCUT2D eigenvalue weighted by Gasteiger charge is -2.14. The fourth-order valence-electron chi connectivity index (χ4n) is 2.48. The highest BCUT2D eigenvalue weighted by Gasteiger charge is 2.15. The van der Waals surface area contributed by atoms with Gasteiger partial charge in [-0.1, -0.05) is 30.3 Å². The van der Waals surface area contributed by atoms with Crippen LogP contribution in [0.25, 0.3) is 22.0 Å². The number of benzene rings is 2. The van der Waals surface area contributed by atoms with Crippen LogP contribution in [0.4, 0.5) is 5.82 Å². The van der Waals surface area contributed by atoms with Gasteiger partial charge < -0.3 is 10.1 Å². The molecule has 0 saturated carbocycles. The Hall–Kier alpha value is -2.62. The van der Waals surface area contributed by atoms with Crippen molar-refractivity contribution in [2.45, 2.75) is 6.92 Å². The number of rotatable bonds is 4. The molecule has 0 amide bonds. The molecule has 0 atom stereocenters. The monoisotopic (exact) mass is 279 g/mol. The van der Waals surface area contributed by atoms with E-state index in [1.807, 2.05) is 25.1 Å². The van der Waals surface area contributed by atoms with Crippen LogP contribution in [-0.4, -0.2) is 23.6 Å². The largest absolute Gasteiger partial charge is 0.496 e. The van der Waals surface area contributed by atoms with E-state index in [-0.39, 0.29) is 0 Å². The molecule has 21 heavy (non-hydrogen) atoms. The topological polar surface area (TPSA) is 47.0 Å². The van der Waals surface area contributed by atoms with Crippen LogP contribution in [0.3, 0.4) is 0 Å². The van der Waals surface area contributed by atoms with Crippen LogP contribution in [-0.2, 0) is 0 Å². The van der Waals surface area contributed by atoms with Gasteiger partial charge in [-0.3, -0.25) is 4.98 Å². The van der Waals surface area contributed by atoms with Gasteiger partial charge in [0, 0.05) is 18.9 Å². The molecule has 0 saturated heterocycles. The van der Waals surface area contributed by atoms with Gasteiger partial charge in [0.1, 0.15) is 11.4 Å². The summed E-state index contributed by atoms with van der Waals surface area (Å²) >= 11 is 0. The number of hydrogen-bond acceptors (Lipinski definition) is 4. The first-order chi connectivity index (χ1) is 10.3. The Bertz CT molecular complexity index is 771. The van der Waals surface area contributed by atoms with E-state index in [0.717, 1.165) is 40.1 Å². The molecule has 1 aromatic heterocycles. The molecule has 0 bridgehead atoms. The third-order valence-electron chi connectivity index (χ3n) is 3.39. The fourth-order valence-corrected chi connectivity index (χ4v) is 2.48. The molecule has 0 aliphatic heterocycles. The number of hydrogen-bond donors (Lipinski definition) is 1. The van der Waals surface area contributed by atoms with Crippen molar-refractivity contribution in [3.05, 3.63) is 48.8 Å². The Morgan fingerprint density at radius 1 is 1.05 bits per heavy atom. The van der Waals surface area contributed by atoms with Gasteiger partial charge in [0.2, 0.25) is 0 Å². The van der Waals surface area contributed by atoms with Crippen molar-refractivity contribution >= 4 is 16.6 Å². The Balaban J connectivity index is 2.33. The zero-order valence-electron chi connectivity index (χ0n) is 12.1. The number of methoxy groups -OCH3 is 1. The molecule has 0 unspecified atom stereocenters. The summed E-state index contributed by atoms with van der Waals surface area (Å²) in [6.45, 7) is 2.83. The normalized spacial score (nSPS) is 10.6. The first-order valence-electron chi connectivity index (χ1n) is 6.96. The molecule has 0 fully saturated rings. The van der Waals surface area contributed by atoms with Gasteiger partial charge in [0.05, 0.1) is 12.7 Å². The van der Waals surface area contributed by atoms with Gasteiger partial charge in [-0.2, -0.15) is 0 Å². The van der Waals surface area contributed by atoms with E-state index in [9.17, 15) is 0 Å². The van der Waals surface area contributed by atoms with Gasteiger partial charge in [-0.15, -0.1) is 0 Å². The molecular formula is C17H17N3O. The minimum absolute atomic E-state index is 0.773. The molecule has 3 aromatic rings. The quantitative estimate of drug-likeness (QED) is 0.790. The molecule has 4 heteroatoms. The molecule has 2 aromatic carbocycles. The van der Waals surface area contributed by atoms with Crippen LogP contribution in [0.1, 0.15) is 6.92 Å². The Morgan fingerprint density at radius 3 is 2.67 bits per heavy atom. The maximum Gasteiger partial charge on any atom is 0.152 e. The second-order valence-corrected chi connectivity index (χ2v) is 4.65. The first kappa shape index (κ1) is 13.4. The Morgan fingerprint density at radius 2 is 1.86 bits per heavy atom. The highest BCUT2D eigenvalue weighted by Crippen LogP contribution is 2.38. The van der Waals surface area contributed by atoms with Crippen molar-refractivity contribution < 1.29 is 4.74 Å². The summed E-state index contributed by atoms with van der Waals surface area (Å²) in [6, 6.07) is 12.2. The molecule has 0 aliphatic rings. The van der Waals surface area contributed by atoms with Crippen molar-refractivity contribution in [1.82, 2.24) is 9.97 Å². The molecule has 1 heterocycles. The standard InChI is InChI=1S/C17H17N3O/c1-3-18-17-16(19-10-11-20-17)15-13-7-5-4-6-12(13)8-9-14(15)21-2/h4-11H,3H2,1-2H3,(H,18,20). The number of anilines is 1. The minimum Gasteiger partial charge on any atom is -0.496 e. The number of ether oxygens (including phenoxy) is 1. The van der Waals surface area contributed by atoms with Crippen molar-refractivity contribution in [3.63, 3.8) is 0 Å². The van der Waals surface area contributed by atoms with Crippen LogP contribution < -0.4 is 10.1 Å². The van der Waals surface area contributed by atoms with E-state index < -0.39 is 0 Å². The lowest BCUT2D eigenvalue weighted by Crippen LogP contribution is -2.03. The van der Waals surface area contributed by atoms with Crippen LogP contribution >= 0.6 is 0 Å². The maximum absolute atomic E-state index is 5.55. The van der Waals surface area contributed by atoms with Crippen molar-refractivity contribution in [2.24, 2.45) is 0 Å². The van der Waals surface area contributed by atoms with Gasteiger partial charge >= 0.3 is 0 Å². The highest BCUT2D eigenvalue weighted by atomic mass is 16.5. The minimum atomic E-state index is 0.773.